The highest BCUT2D eigenvalue weighted by molar-refractivity contribution is 6.33. The molecule has 1 atom stereocenters. The van der Waals surface area contributed by atoms with E-state index in [-0.39, 0.29) is 11.8 Å². The van der Waals surface area contributed by atoms with Crippen LogP contribution in [0.25, 0.3) is 22.0 Å². The molecule has 1 aromatic heterocycles. The second-order valence-corrected chi connectivity index (χ2v) is 6.73. The van der Waals surface area contributed by atoms with E-state index in [1.807, 2.05) is 18.2 Å². The summed E-state index contributed by atoms with van der Waals surface area (Å²) in [6.07, 6.45) is 0.829. The van der Waals surface area contributed by atoms with Gasteiger partial charge >= 0.3 is 0 Å². The molecule has 0 unspecified atom stereocenters. The summed E-state index contributed by atoms with van der Waals surface area (Å²) in [6, 6.07) is 13.0. The quantitative estimate of drug-likeness (QED) is 0.663. The zero-order valence-electron chi connectivity index (χ0n) is 13.8. The first kappa shape index (κ1) is 16.6. The highest BCUT2D eigenvalue weighted by Crippen LogP contribution is 2.32. The molecule has 26 heavy (non-hydrogen) atoms. The van der Waals surface area contributed by atoms with Crippen molar-refractivity contribution in [2.24, 2.45) is 5.92 Å². The molecule has 6 nitrogen and oxygen atoms in total. The summed E-state index contributed by atoms with van der Waals surface area (Å²) in [4.78, 5) is 12.4. The standard InChI is InChI=1S/C19H16ClN5O/c20-16-3-1-11(9-21)7-14(16)12-2-4-17-15(8-12)18(25-24-17)23-19(26)13-5-6-22-10-13/h1-4,7-8,13,22H,5-6,10H2,(H2,23,24,25,26)/t13-/m1/s1. The number of benzene rings is 2. The summed E-state index contributed by atoms with van der Waals surface area (Å²) < 4.78 is 0. The van der Waals surface area contributed by atoms with Crippen molar-refractivity contribution in [2.45, 2.75) is 6.42 Å². The van der Waals surface area contributed by atoms with Crippen LogP contribution in [0.3, 0.4) is 0 Å². The van der Waals surface area contributed by atoms with Gasteiger partial charge < -0.3 is 10.6 Å². The summed E-state index contributed by atoms with van der Waals surface area (Å²) in [5, 5.41) is 23.8. The van der Waals surface area contributed by atoms with Crippen molar-refractivity contribution < 1.29 is 4.79 Å². The fourth-order valence-corrected chi connectivity index (χ4v) is 3.42. The first-order valence-electron chi connectivity index (χ1n) is 8.35. The molecule has 0 bridgehead atoms. The monoisotopic (exact) mass is 365 g/mol. The molecule has 2 heterocycles. The molecule has 3 aromatic rings. The van der Waals surface area contributed by atoms with Gasteiger partial charge in [-0.2, -0.15) is 10.4 Å². The van der Waals surface area contributed by atoms with Crippen molar-refractivity contribution in [1.82, 2.24) is 15.5 Å². The summed E-state index contributed by atoms with van der Waals surface area (Å²) >= 11 is 6.31. The summed E-state index contributed by atoms with van der Waals surface area (Å²) in [7, 11) is 0. The number of rotatable bonds is 3. The summed E-state index contributed by atoms with van der Waals surface area (Å²) in [5.74, 6) is 0.441. The molecule has 4 rings (SSSR count). The fourth-order valence-electron chi connectivity index (χ4n) is 3.19. The molecule has 0 saturated carbocycles. The van der Waals surface area contributed by atoms with Crippen molar-refractivity contribution in [1.29, 1.82) is 5.26 Å². The van der Waals surface area contributed by atoms with Crippen LogP contribution in [0.1, 0.15) is 12.0 Å². The molecule has 1 aliphatic rings. The maximum absolute atomic E-state index is 12.4. The van der Waals surface area contributed by atoms with E-state index < -0.39 is 0 Å². The van der Waals surface area contributed by atoms with Gasteiger partial charge in [0, 0.05) is 22.5 Å². The fraction of sp³-hybridized carbons (Fsp3) is 0.211. The van der Waals surface area contributed by atoms with Gasteiger partial charge in [-0.25, -0.2) is 0 Å². The Balaban J connectivity index is 1.71. The van der Waals surface area contributed by atoms with Crippen LogP contribution < -0.4 is 10.6 Å². The molecule has 3 N–H and O–H groups in total. The number of carbonyl (C=O) groups is 1. The lowest BCUT2D eigenvalue weighted by Crippen LogP contribution is -2.24. The van der Waals surface area contributed by atoms with Gasteiger partial charge in [-0.15, -0.1) is 0 Å². The number of anilines is 1. The minimum absolute atomic E-state index is 0.0293. The molecule has 1 aliphatic heterocycles. The molecule has 2 aromatic carbocycles. The Morgan fingerprint density at radius 1 is 1.31 bits per heavy atom. The number of aromatic amines is 1. The average Bonchev–Trinajstić information content (AvgIpc) is 3.32. The van der Waals surface area contributed by atoms with E-state index in [2.05, 4.69) is 26.9 Å². The van der Waals surface area contributed by atoms with E-state index in [0.717, 1.165) is 35.0 Å². The van der Waals surface area contributed by atoms with Crippen molar-refractivity contribution in [3.8, 4) is 17.2 Å². The maximum Gasteiger partial charge on any atom is 0.230 e. The minimum Gasteiger partial charge on any atom is -0.316 e. The van der Waals surface area contributed by atoms with Crippen LogP contribution in [0, 0.1) is 17.2 Å². The lowest BCUT2D eigenvalue weighted by molar-refractivity contribution is -0.119. The summed E-state index contributed by atoms with van der Waals surface area (Å²) in [5.41, 5.74) is 2.99. The third kappa shape index (κ3) is 3.03. The van der Waals surface area contributed by atoms with Gasteiger partial charge in [0.15, 0.2) is 5.82 Å². The van der Waals surface area contributed by atoms with Crippen molar-refractivity contribution in [3.63, 3.8) is 0 Å². The Morgan fingerprint density at radius 3 is 2.96 bits per heavy atom. The van der Waals surface area contributed by atoms with Crippen LogP contribution in [-0.2, 0) is 4.79 Å². The second-order valence-electron chi connectivity index (χ2n) is 6.32. The van der Waals surface area contributed by atoms with Crippen LogP contribution in [0.2, 0.25) is 5.02 Å². The van der Waals surface area contributed by atoms with Gasteiger partial charge in [-0.1, -0.05) is 17.7 Å². The van der Waals surface area contributed by atoms with E-state index in [1.165, 1.54) is 0 Å². The van der Waals surface area contributed by atoms with E-state index in [9.17, 15) is 4.79 Å². The van der Waals surface area contributed by atoms with Gasteiger partial charge in [0.25, 0.3) is 0 Å². The third-order valence-corrected chi connectivity index (χ3v) is 4.97. The van der Waals surface area contributed by atoms with E-state index in [4.69, 9.17) is 16.9 Å². The third-order valence-electron chi connectivity index (χ3n) is 4.64. The highest BCUT2D eigenvalue weighted by atomic mass is 35.5. The normalized spacial score (nSPS) is 16.5. The number of fused-ring (bicyclic) bond motifs is 1. The molecule has 130 valence electrons. The van der Waals surface area contributed by atoms with Crippen molar-refractivity contribution in [2.75, 3.05) is 18.4 Å². The zero-order valence-corrected chi connectivity index (χ0v) is 14.6. The number of aromatic nitrogens is 2. The zero-order chi connectivity index (χ0) is 18.1. The lowest BCUT2D eigenvalue weighted by atomic mass is 10.0. The second kappa shape index (κ2) is 6.79. The van der Waals surface area contributed by atoms with Gasteiger partial charge in [0.2, 0.25) is 5.91 Å². The minimum atomic E-state index is -0.0355. The molecule has 0 radical (unpaired) electrons. The number of amides is 1. The largest absolute Gasteiger partial charge is 0.316 e. The molecular formula is C19H16ClN5O. The van der Waals surface area contributed by atoms with Gasteiger partial charge in [-0.3, -0.25) is 9.89 Å². The van der Waals surface area contributed by atoms with Gasteiger partial charge in [0.1, 0.15) is 0 Å². The molecule has 0 spiro atoms. The van der Waals surface area contributed by atoms with Gasteiger partial charge in [0.05, 0.1) is 23.1 Å². The van der Waals surface area contributed by atoms with Crippen LogP contribution in [-0.4, -0.2) is 29.2 Å². The maximum atomic E-state index is 12.4. The number of carbonyl (C=O) groups excluding carboxylic acids is 1. The predicted molar refractivity (Wildman–Crippen MR) is 101 cm³/mol. The van der Waals surface area contributed by atoms with Gasteiger partial charge in [-0.05, 0) is 48.9 Å². The predicted octanol–water partition coefficient (Wildman–Crippen LogP) is 3.30. The highest BCUT2D eigenvalue weighted by Gasteiger charge is 2.23. The Bertz CT molecular complexity index is 1030. The molecular weight excluding hydrogens is 350 g/mol. The van der Waals surface area contributed by atoms with E-state index >= 15 is 0 Å². The molecule has 1 fully saturated rings. The van der Waals surface area contributed by atoms with Crippen molar-refractivity contribution in [3.05, 3.63) is 47.0 Å². The number of H-pyrrole nitrogens is 1. The smallest absolute Gasteiger partial charge is 0.230 e. The Morgan fingerprint density at radius 2 is 2.19 bits per heavy atom. The number of hydrogen-bond donors (Lipinski definition) is 3. The first-order valence-corrected chi connectivity index (χ1v) is 8.73. The molecule has 7 heteroatoms. The Kier molecular flexibility index (Phi) is 4.33. The SMILES string of the molecule is N#Cc1ccc(Cl)c(-c2ccc3[nH]nc(NC(=O)[C@@H]4CCNC4)c3c2)c1. The summed E-state index contributed by atoms with van der Waals surface area (Å²) in [6.45, 7) is 1.55. The van der Waals surface area contributed by atoms with E-state index in [0.29, 0.717) is 22.9 Å². The van der Waals surface area contributed by atoms with Crippen LogP contribution >= 0.6 is 11.6 Å². The number of halogens is 1. The number of nitriles is 1. The van der Waals surface area contributed by atoms with Crippen LogP contribution in [0.4, 0.5) is 5.82 Å². The molecule has 0 aliphatic carbocycles. The lowest BCUT2D eigenvalue weighted by Gasteiger charge is -2.09. The Hall–Kier alpha value is -2.88. The van der Waals surface area contributed by atoms with Crippen LogP contribution in [0.5, 0.6) is 0 Å². The first-order chi connectivity index (χ1) is 12.7. The number of hydrogen-bond acceptors (Lipinski definition) is 4. The van der Waals surface area contributed by atoms with Crippen molar-refractivity contribution >= 4 is 34.2 Å². The molecule has 1 saturated heterocycles. The number of nitrogens with one attached hydrogen (secondary N) is 3. The topological polar surface area (TPSA) is 93.6 Å². The average molecular weight is 366 g/mol. The molecule has 1 amide bonds. The van der Waals surface area contributed by atoms with Crippen LogP contribution in [0.15, 0.2) is 36.4 Å². The van der Waals surface area contributed by atoms with E-state index in [1.54, 1.807) is 18.2 Å². The Labute approximate surface area is 155 Å². The number of nitrogens with zero attached hydrogens (tertiary/aromatic N) is 2.